The summed E-state index contributed by atoms with van der Waals surface area (Å²) < 4.78 is 21.6. The van der Waals surface area contributed by atoms with Crippen LogP contribution in [0.1, 0.15) is 18.5 Å². The van der Waals surface area contributed by atoms with Crippen molar-refractivity contribution < 1.29 is 8.42 Å². The smallest absolute Gasteiger partial charge is 0.168 e. The van der Waals surface area contributed by atoms with Gasteiger partial charge in [0.2, 0.25) is 0 Å². The van der Waals surface area contributed by atoms with Crippen molar-refractivity contribution in [3.8, 4) is 0 Å². The van der Waals surface area contributed by atoms with Crippen LogP contribution in [0, 0.1) is 0 Å². The van der Waals surface area contributed by atoms with Gasteiger partial charge in [-0.15, -0.1) is 0 Å². The van der Waals surface area contributed by atoms with E-state index in [4.69, 9.17) is 11.8 Å². The fourth-order valence-electron chi connectivity index (χ4n) is 1.08. The second-order valence-electron chi connectivity index (χ2n) is 2.65. The molecule has 0 saturated heterocycles. The summed E-state index contributed by atoms with van der Waals surface area (Å²) in [4.78, 5) is 2.80. The van der Waals surface area contributed by atoms with Gasteiger partial charge in [0.05, 0.1) is 4.90 Å². The first kappa shape index (κ1) is 10.5. The third-order valence-corrected chi connectivity index (χ3v) is 2.89. The molecule has 0 heterocycles. The zero-order chi connectivity index (χ0) is 9.84. The van der Waals surface area contributed by atoms with Crippen molar-refractivity contribution in [3.63, 3.8) is 0 Å². The van der Waals surface area contributed by atoms with Gasteiger partial charge in [-0.05, 0) is 30.3 Å². The van der Waals surface area contributed by atoms with E-state index in [1.807, 2.05) is 0 Å². The molecule has 1 atom stereocenters. The van der Waals surface area contributed by atoms with Crippen LogP contribution in [0.3, 0.4) is 0 Å². The van der Waals surface area contributed by atoms with Crippen molar-refractivity contribution in [1.29, 1.82) is 0 Å². The summed E-state index contributed by atoms with van der Waals surface area (Å²) in [5, 5.41) is 0. The quantitative estimate of drug-likeness (QED) is 0.598. The van der Waals surface area contributed by atoms with E-state index in [1.165, 1.54) is 0 Å². The topological polar surface area (TPSA) is 46.2 Å². The van der Waals surface area contributed by atoms with Crippen LogP contribution in [0.5, 0.6) is 0 Å². The Morgan fingerprint density at radius 2 is 2.00 bits per heavy atom. The van der Waals surface area contributed by atoms with Crippen molar-refractivity contribution in [2.24, 2.45) is 0 Å². The molecule has 72 valence electrons. The van der Waals surface area contributed by atoms with Gasteiger partial charge in [0, 0.05) is 6.04 Å². The van der Waals surface area contributed by atoms with E-state index < -0.39 is 10.7 Å². The van der Waals surface area contributed by atoms with Crippen LogP contribution in [0.2, 0.25) is 0 Å². The standard InChI is InChI=1S/C8H10ClNO2S/c1-6(10-9)7-4-2-3-5-8(7)13(11)12/h2-6,10,13H,1H3. The summed E-state index contributed by atoms with van der Waals surface area (Å²) >= 11 is 5.42. The summed E-state index contributed by atoms with van der Waals surface area (Å²) in [6.45, 7) is 1.80. The maximum Gasteiger partial charge on any atom is 0.168 e. The molecule has 3 nitrogen and oxygen atoms in total. The molecule has 0 aliphatic heterocycles. The van der Waals surface area contributed by atoms with E-state index in [9.17, 15) is 8.42 Å². The normalized spacial score (nSPS) is 13.2. The van der Waals surface area contributed by atoms with Gasteiger partial charge in [-0.3, -0.25) is 0 Å². The van der Waals surface area contributed by atoms with Gasteiger partial charge >= 0.3 is 0 Å². The van der Waals surface area contributed by atoms with Crippen LogP contribution in [-0.4, -0.2) is 8.42 Å². The highest BCUT2D eigenvalue weighted by Gasteiger charge is 2.09. The van der Waals surface area contributed by atoms with Gasteiger partial charge in [-0.1, -0.05) is 18.2 Å². The molecule has 0 radical (unpaired) electrons. The van der Waals surface area contributed by atoms with E-state index in [0.717, 1.165) is 0 Å². The van der Waals surface area contributed by atoms with E-state index in [1.54, 1.807) is 31.2 Å². The Morgan fingerprint density at radius 3 is 2.54 bits per heavy atom. The third kappa shape index (κ3) is 2.43. The van der Waals surface area contributed by atoms with Crippen LogP contribution in [-0.2, 0) is 10.7 Å². The zero-order valence-corrected chi connectivity index (χ0v) is 8.68. The van der Waals surface area contributed by atoms with E-state index in [2.05, 4.69) is 4.84 Å². The maximum absolute atomic E-state index is 10.8. The molecule has 1 rings (SSSR count). The van der Waals surface area contributed by atoms with E-state index >= 15 is 0 Å². The number of thiol groups is 1. The number of hydrogen-bond donors (Lipinski definition) is 2. The summed E-state index contributed by atoms with van der Waals surface area (Å²) in [5.41, 5.74) is 0.689. The second-order valence-corrected chi connectivity index (χ2v) is 3.86. The third-order valence-electron chi connectivity index (χ3n) is 1.76. The first-order chi connectivity index (χ1) is 6.16. The number of benzene rings is 1. The van der Waals surface area contributed by atoms with Crippen molar-refractivity contribution in [2.75, 3.05) is 0 Å². The van der Waals surface area contributed by atoms with Crippen molar-refractivity contribution in [3.05, 3.63) is 29.8 Å². The molecule has 1 N–H and O–H groups in total. The minimum Gasteiger partial charge on any atom is -0.227 e. The zero-order valence-electron chi connectivity index (χ0n) is 7.03. The van der Waals surface area contributed by atoms with Crippen LogP contribution in [0.25, 0.3) is 0 Å². The van der Waals surface area contributed by atoms with Gasteiger partial charge in [0.15, 0.2) is 10.7 Å². The molecule has 0 bridgehead atoms. The number of nitrogens with one attached hydrogen (secondary N) is 1. The first-order valence-corrected chi connectivity index (χ1v) is 5.32. The molecule has 0 spiro atoms. The minimum absolute atomic E-state index is 0.175. The molecule has 1 unspecified atom stereocenters. The SMILES string of the molecule is CC(NCl)c1ccccc1[SH](=O)=O. The Hall–Kier alpha value is -0.580. The van der Waals surface area contributed by atoms with E-state index in [0.29, 0.717) is 10.5 Å². The Morgan fingerprint density at radius 1 is 1.38 bits per heavy atom. The van der Waals surface area contributed by atoms with E-state index in [-0.39, 0.29) is 6.04 Å². The highest BCUT2D eigenvalue weighted by molar-refractivity contribution is 7.72. The molecule has 1 aromatic carbocycles. The largest absolute Gasteiger partial charge is 0.227 e. The lowest BCUT2D eigenvalue weighted by atomic mass is 10.1. The Bertz CT molecular complexity index is 357. The highest BCUT2D eigenvalue weighted by atomic mass is 35.5. The van der Waals surface area contributed by atoms with Crippen LogP contribution in [0.15, 0.2) is 29.2 Å². The molecule has 0 saturated carbocycles. The van der Waals surface area contributed by atoms with Crippen LogP contribution in [0.4, 0.5) is 0 Å². The van der Waals surface area contributed by atoms with Gasteiger partial charge < -0.3 is 0 Å². The lowest BCUT2D eigenvalue weighted by Crippen LogP contribution is -2.08. The molecular weight excluding hydrogens is 210 g/mol. The molecule has 0 aromatic heterocycles. The Kier molecular flexibility index (Phi) is 3.71. The highest BCUT2D eigenvalue weighted by Crippen LogP contribution is 2.18. The monoisotopic (exact) mass is 219 g/mol. The predicted octanol–water partition coefficient (Wildman–Crippen LogP) is 1.46. The van der Waals surface area contributed by atoms with Gasteiger partial charge in [0.1, 0.15) is 0 Å². The second kappa shape index (κ2) is 4.60. The summed E-state index contributed by atoms with van der Waals surface area (Å²) in [6.07, 6.45) is 0. The van der Waals surface area contributed by atoms with Crippen molar-refractivity contribution in [2.45, 2.75) is 17.9 Å². The van der Waals surface area contributed by atoms with Gasteiger partial charge in [-0.2, -0.15) is 0 Å². The molecule has 0 aliphatic rings. The number of rotatable bonds is 3. The molecule has 13 heavy (non-hydrogen) atoms. The predicted molar refractivity (Wildman–Crippen MR) is 52.4 cm³/mol. The van der Waals surface area contributed by atoms with Crippen LogP contribution >= 0.6 is 11.8 Å². The molecule has 5 heteroatoms. The molecular formula is C8H10ClNO2S. The lowest BCUT2D eigenvalue weighted by Gasteiger charge is -2.10. The van der Waals surface area contributed by atoms with Gasteiger partial charge in [0.25, 0.3) is 0 Å². The van der Waals surface area contributed by atoms with Crippen molar-refractivity contribution >= 4 is 22.5 Å². The molecule has 0 amide bonds. The Balaban J connectivity index is 3.19. The Labute approximate surface area is 83.8 Å². The fraction of sp³-hybridized carbons (Fsp3) is 0.250. The summed E-state index contributed by atoms with van der Waals surface area (Å²) in [5.74, 6) is 0. The van der Waals surface area contributed by atoms with Crippen LogP contribution < -0.4 is 4.84 Å². The minimum atomic E-state index is -2.55. The lowest BCUT2D eigenvalue weighted by molar-refractivity contribution is 0.610. The maximum atomic E-state index is 10.8. The van der Waals surface area contributed by atoms with Gasteiger partial charge in [-0.25, -0.2) is 13.3 Å². The molecule has 0 fully saturated rings. The first-order valence-electron chi connectivity index (χ1n) is 3.76. The van der Waals surface area contributed by atoms with Crippen molar-refractivity contribution in [1.82, 2.24) is 4.84 Å². The average Bonchev–Trinajstić information content (AvgIpc) is 2.16. The number of halogens is 1. The fourth-order valence-corrected chi connectivity index (χ4v) is 1.88. The molecule has 0 aliphatic carbocycles. The average molecular weight is 220 g/mol. The summed E-state index contributed by atoms with van der Waals surface area (Å²) in [6, 6.07) is 6.59. The summed E-state index contributed by atoms with van der Waals surface area (Å²) in [7, 11) is -2.55. The molecule has 1 aromatic rings. The number of hydrogen-bond acceptors (Lipinski definition) is 3.